The van der Waals surface area contributed by atoms with Gasteiger partial charge in [-0.05, 0) is 43.1 Å². The Morgan fingerprint density at radius 3 is 3.00 bits per heavy atom. The monoisotopic (exact) mass is 312 g/mol. The van der Waals surface area contributed by atoms with Gasteiger partial charge in [-0.3, -0.25) is 14.4 Å². The summed E-state index contributed by atoms with van der Waals surface area (Å²) in [4.78, 5) is 13.7. The number of hydrogen-bond acceptors (Lipinski definition) is 3. The molecule has 0 spiro atoms. The topological polar surface area (TPSA) is 50.2 Å². The van der Waals surface area contributed by atoms with E-state index in [2.05, 4.69) is 33.5 Å². The maximum Gasteiger partial charge on any atom is 0.221 e. The summed E-state index contributed by atoms with van der Waals surface area (Å²) in [5.41, 5.74) is 3.30. The maximum atomic E-state index is 11.2. The van der Waals surface area contributed by atoms with Gasteiger partial charge in [0.1, 0.15) is 0 Å². The van der Waals surface area contributed by atoms with Crippen LogP contribution in [0.5, 0.6) is 0 Å². The minimum atomic E-state index is -0.0321. The molecule has 1 aliphatic rings. The van der Waals surface area contributed by atoms with E-state index in [1.54, 1.807) is 0 Å². The number of rotatable bonds is 4. The molecule has 5 nitrogen and oxygen atoms in total. The Morgan fingerprint density at radius 1 is 1.39 bits per heavy atom. The number of aryl methyl sites for hydroxylation is 1. The minimum absolute atomic E-state index is 0.0321. The number of aromatic nitrogens is 2. The second kappa shape index (κ2) is 6.96. The molecule has 1 saturated heterocycles. The number of likely N-dealkylation sites (tertiary alicyclic amines) is 1. The third-order valence-electron chi connectivity index (χ3n) is 4.31. The Labute approximate surface area is 137 Å². The lowest BCUT2D eigenvalue weighted by Crippen LogP contribution is -2.34. The van der Waals surface area contributed by atoms with E-state index >= 15 is 0 Å². The van der Waals surface area contributed by atoms with Crippen molar-refractivity contribution in [2.45, 2.75) is 32.2 Å². The molecule has 3 rings (SSSR count). The van der Waals surface area contributed by atoms with Gasteiger partial charge in [0.2, 0.25) is 5.91 Å². The predicted octanol–water partition coefficient (Wildman–Crippen LogP) is 2.76. The lowest BCUT2D eigenvalue weighted by Gasteiger charge is -2.32. The van der Waals surface area contributed by atoms with Crippen LogP contribution in [0.4, 0.5) is 5.69 Å². The SMILES string of the molecule is CC(=O)Nc1cccc(CN2CCCC(c3ccn(C)n3)C2)c1. The van der Waals surface area contributed by atoms with Crippen molar-refractivity contribution in [3.63, 3.8) is 0 Å². The second-order valence-corrected chi connectivity index (χ2v) is 6.37. The molecule has 1 aromatic heterocycles. The number of piperidine rings is 1. The lowest BCUT2D eigenvalue weighted by atomic mass is 9.94. The Balaban J connectivity index is 1.64. The number of carbonyl (C=O) groups excluding carboxylic acids is 1. The first kappa shape index (κ1) is 15.7. The van der Waals surface area contributed by atoms with Gasteiger partial charge in [0.05, 0.1) is 5.69 Å². The Bertz CT molecular complexity index is 679. The number of nitrogens with one attached hydrogen (secondary N) is 1. The van der Waals surface area contributed by atoms with Crippen LogP contribution in [0, 0.1) is 0 Å². The average Bonchev–Trinajstić information content (AvgIpc) is 2.94. The van der Waals surface area contributed by atoms with Gasteiger partial charge in [0, 0.05) is 44.9 Å². The van der Waals surface area contributed by atoms with Crippen molar-refractivity contribution in [3.8, 4) is 0 Å². The summed E-state index contributed by atoms with van der Waals surface area (Å²) in [6.45, 7) is 4.61. The van der Waals surface area contributed by atoms with E-state index in [1.807, 2.05) is 30.1 Å². The smallest absolute Gasteiger partial charge is 0.221 e. The van der Waals surface area contributed by atoms with Gasteiger partial charge in [0.25, 0.3) is 0 Å². The molecule has 1 amide bonds. The first-order valence-corrected chi connectivity index (χ1v) is 8.18. The summed E-state index contributed by atoms with van der Waals surface area (Å²) < 4.78 is 1.88. The number of carbonyl (C=O) groups is 1. The molecule has 0 aliphatic carbocycles. The minimum Gasteiger partial charge on any atom is -0.326 e. The zero-order chi connectivity index (χ0) is 16.2. The number of nitrogens with zero attached hydrogens (tertiary/aromatic N) is 3. The summed E-state index contributed by atoms with van der Waals surface area (Å²) in [5, 5.41) is 7.41. The molecule has 0 bridgehead atoms. The van der Waals surface area contributed by atoms with Crippen molar-refractivity contribution < 1.29 is 4.79 Å². The van der Waals surface area contributed by atoms with Gasteiger partial charge in [-0.2, -0.15) is 5.10 Å². The number of amides is 1. The summed E-state index contributed by atoms with van der Waals surface area (Å²) in [7, 11) is 1.97. The van der Waals surface area contributed by atoms with Crippen molar-refractivity contribution in [1.29, 1.82) is 0 Å². The Morgan fingerprint density at radius 2 is 2.26 bits per heavy atom. The fraction of sp³-hybridized carbons (Fsp3) is 0.444. The molecular weight excluding hydrogens is 288 g/mol. The van der Waals surface area contributed by atoms with Crippen molar-refractivity contribution in [1.82, 2.24) is 14.7 Å². The van der Waals surface area contributed by atoms with E-state index < -0.39 is 0 Å². The highest BCUT2D eigenvalue weighted by Crippen LogP contribution is 2.26. The van der Waals surface area contributed by atoms with E-state index in [9.17, 15) is 4.79 Å². The van der Waals surface area contributed by atoms with Crippen LogP contribution in [-0.2, 0) is 18.4 Å². The molecule has 122 valence electrons. The molecule has 5 heteroatoms. The standard InChI is InChI=1S/C18H24N4O/c1-14(23)19-17-7-3-5-15(11-17)12-22-9-4-6-16(13-22)18-8-10-21(2)20-18/h3,5,7-8,10-11,16H,4,6,9,12-13H2,1-2H3,(H,19,23). The van der Waals surface area contributed by atoms with Gasteiger partial charge < -0.3 is 5.32 Å². The van der Waals surface area contributed by atoms with Crippen molar-refractivity contribution in [2.75, 3.05) is 18.4 Å². The summed E-state index contributed by atoms with van der Waals surface area (Å²) in [6.07, 6.45) is 4.43. The highest BCUT2D eigenvalue weighted by Gasteiger charge is 2.23. The number of hydrogen-bond donors (Lipinski definition) is 1. The Hall–Kier alpha value is -2.14. The van der Waals surface area contributed by atoms with Gasteiger partial charge in [0.15, 0.2) is 0 Å². The molecule has 0 radical (unpaired) electrons. The molecule has 0 saturated carbocycles. The van der Waals surface area contributed by atoms with Crippen LogP contribution >= 0.6 is 0 Å². The van der Waals surface area contributed by atoms with Crippen LogP contribution in [0.25, 0.3) is 0 Å². The van der Waals surface area contributed by atoms with E-state index in [0.29, 0.717) is 5.92 Å². The largest absolute Gasteiger partial charge is 0.326 e. The van der Waals surface area contributed by atoms with Crippen molar-refractivity contribution in [2.24, 2.45) is 7.05 Å². The molecule has 2 heterocycles. The predicted molar refractivity (Wildman–Crippen MR) is 91.2 cm³/mol. The lowest BCUT2D eigenvalue weighted by molar-refractivity contribution is -0.114. The molecule has 1 unspecified atom stereocenters. The summed E-state index contributed by atoms with van der Waals surface area (Å²) >= 11 is 0. The van der Waals surface area contributed by atoms with E-state index in [1.165, 1.54) is 31.0 Å². The van der Waals surface area contributed by atoms with Crippen molar-refractivity contribution in [3.05, 3.63) is 47.8 Å². The normalized spacial score (nSPS) is 18.8. The van der Waals surface area contributed by atoms with Gasteiger partial charge >= 0.3 is 0 Å². The molecule has 23 heavy (non-hydrogen) atoms. The van der Waals surface area contributed by atoms with Crippen LogP contribution in [0.1, 0.15) is 36.9 Å². The third-order valence-corrected chi connectivity index (χ3v) is 4.31. The van der Waals surface area contributed by atoms with Crippen LogP contribution in [0.3, 0.4) is 0 Å². The third kappa shape index (κ3) is 4.20. The molecular formula is C18H24N4O. The van der Waals surface area contributed by atoms with Gasteiger partial charge in [-0.25, -0.2) is 0 Å². The highest BCUT2D eigenvalue weighted by atomic mass is 16.1. The zero-order valence-electron chi connectivity index (χ0n) is 13.8. The van der Waals surface area contributed by atoms with Crippen LogP contribution < -0.4 is 5.32 Å². The second-order valence-electron chi connectivity index (χ2n) is 6.37. The van der Waals surface area contributed by atoms with Crippen molar-refractivity contribution >= 4 is 11.6 Å². The highest BCUT2D eigenvalue weighted by molar-refractivity contribution is 5.88. The molecule has 2 aromatic rings. The van der Waals surface area contributed by atoms with Crippen LogP contribution in [-0.4, -0.2) is 33.7 Å². The first-order valence-electron chi connectivity index (χ1n) is 8.18. The summed E-state index contributed by atoms with van der Waals surface area (Å²) in [5.74, 6) is 0.485. The van der Waals surface area contributed by atoms with Crippen LogP contribution in [0.2, 0.25) is 0 Å². The molecule has 1 aromatic carbocycles. The fourth-order valence-corrected chi connectivity index (χ4v) is 3.30. The van der Waals surface area contributed by atoms with Crippen LogP contribution in [0.15, 0.2) is 36.5 Å². The summed E-state index contributed by atoms with van der Waals surface area (Å²) in [6, 6.07) is 10.2. The maximum absolute atomic E-state index is 11.2. The van der Waals surface area contributed by atoms with E-state index in [-0.39, 0.29) is 5.91 Å². The Kier molecular flexibility index (Phi) is 4.76. The van der Waals surface area contributed by atoms with E-state index in [0.717, 1.165) is 25.3 Å². The zero-order valence-corrected chi connectivity index (χ0v) is 13.8. The van der Waals surface area contributed by atoms with Gasteiger partial charge in [-0.1, -0.05) is 12.1 Å². The molecule has 1 fully saturated rings. The number of anilines is 1. The molecule has 1 atom stereocenters. The molecule has 1 N–H and O–H groups in total. The van der Waals surface area contributed by atoms with Gasteiger partial charge in [-0.15, -0.1) is 0 Å². The molecule has 1 aliphatic heterocycles. The quantitative estimate of drug-likeness (QED) is 0.944. The first-order chi connectivity index (χ1) is 11.1. The number of benzene rings is 1. The fourth-order valence-electron chi connectivity index (χ4n) is 3.30. The average molecular weight is 312 g/mol. The van der Waals surface area contributed by atoms with E-state index in [4.69, 9.17) is 0 Å².